The van der Waals surface area contributed by atoms with Crippen LogP contribution < -0.4 is 15.4 Å². The summed E-state index contributed by atoms with van der Waals surface area (Å²) in [5.74, 6) is 0.678. The Hall–Kier alpha value is -2.57. The van der Waals surface area contributed by atoms with E-state index < -0.39 is 5.82 Å². The van der Waals surface area contributed by atoms with Gasteiger partial charge in [-0.05, 0) is 55.7 Å². The van der Waals surface area contributed by atoms with Crippen molar-refractivity contribution in [3.8, 4) is 5.75 Å². The Morgan fingerprint density at radius 3 is 3.08 bits per heavy atom. The third kappa shape index (κ3) is 3.92. The summed E-state index contributed by atoms with van der Waals surface area (Å²) < 4.78 is 19.3. The number of amides is 2. The van der Waals surface area contributed by atoms with Gasteiger partial charge in [-0.15, -0.1) is 0 Å². The number of aromatic nitrogens is 2. The van der Waals surface area contributed by atoms with Crippen LogP contribution in [0.25, 0.3) is 0 Å². The SMILES string of the molecule is O=C(Nc1cc(F)ccc1OCC1CC1)N[C@@H]1CCc2[nH]ncc2C1. The van der Waals surface area contributed by atoms with E-state index in [0.717, 1.165) is 30.5 Å². The van der Waals surface area contributed by atoms with Gasteiger partial charge in [-0.1, -0.05) is 0 Å². The van der Waals surface area contributed by atoms with Crippen LogP contribution in [0.15, 0.2) is 24.4 Å². The lowest BCUT2D eigenvalue weighted by Crippen LogP contribution is -2.41. The molecular weight excluding hydrogens is 323 g/mol. The summed E-state index contributed by atoms with van der Waals surface area (Å²) in [6.45, 7) is 0.605. The summed E-state index contributed by atoms with van der Waals surface area (Å²) >= 11 is 0. The van der Waals surface area contributed by atoms with E-state index in [2.05, 4.69) is 20.8 Å². The van der Waals surface area contributed by atoms with E-state index in [1.165, 1.54) is 25.0 Å². The highest BCUT2D eigenvalue weighted by Crippen LogP contribution is 2.32. The first-order chi connectivity index (χ1) is 12.2. The third-order valence-electron chi connectivity index (χ3n) is 4.71. The molecule has 2 aliphatic rings. The highest BCUT2D eigenvalue weighted by molar-refractivity contribution is 5.91. The number of aryl methyl sites for hydroxylation is 1. The second-order valence-electron chi connectivity index (χ2n) is 6.81. The van der Waals surface area contributed by atoms with Gasteiger partial charge in [0.1, 0.15) is 11.6 Å². The molecule has 1 aromatic heterocycles. The summed E-state index contributed by atoms with van der Waals surface area (Å²) in [7, 11) is 0. The fourth-order valence-corrected chi connectivity index (χ4v) is 3.10. The molecule has 2 aliphatic carbocycles. The smallest absolute Gasteiger partial charge is 0.319 e. The van der Waals surface area contributed by atoms with E-state index >= 15 is 0 Å². The van der Waals surface area contributed by atoms with Gasteiger partial charge >= 0.3 is 6.03 Å². The summed E-state index contributed by atoms with van der Waals surface area (Å²) in [6.07, 6.45) is 6.59. The molecule has 1 heterocycles. The fraction of sp³-hybridized carbons (Fsp3) is 0.444. The van der Waals surface area contributed by atoms with Crippen LogP contribution in [0.4, 0.5) is 14.9 Å². The molecule has 1 fully saturated rings. The van der Waals surface area contributed by atoms with Crippen LogP contribution >= 0.6 is 0 Å². The first-order valence-corrected chi connectivity index (χ1v) is 8.68. The van der Waals surface area contributed by atoms with Crippen molar-refractivity contribution in [2.45, 2.75) is 38.1 Å². The molecule has 1 saturated carbocycles. The second-order valence-corrected chi connectivity index (χ2v) is 6.81. The van der Waals surface area contributed by atoms with Gasteiger partial charge in [-0.2, -0.15) is 5.10 Å². The number of nitrogens with zero attached hydrogens (tertiary/aromatic N) is 1. The minimum atomic E-state index is -0.408. The molecule has 2 aromatic rings. The molecule has 1 aromatic carbocycles. The lowest BCUT2D eigenvalue weighted by atomic mass is 9.94. The lowest BCUT2D eigenvalue weighted by molar-refractivity contribution is 0.246. The normalized spacial score (nSPS) is 19.2. The van der Waals surface area contributed by atoms with E-state index in [9.17, 15) is 9.18 Å². The van der Waals surface area contributed by atoms with Gasteiger partial charge in [-0.25, -0.2) is 9.18 Å². The molecule has 0 aliphatic heterocycles. The van der Waals surface area contributed by atoms with Crippen LogP contribution in [0, 0.1) is 11.7 Å². The number of carbonyl (C=O) groups excluding carboxylic acids is 1. The number of nitrogens with one attached hydrogen (secondary N) is 3. The Morgan fingerprint density at radius 2 is 2.24 bits per heavy atom. The van der Waals surface area contributed by atoms with E-state index in [1.807, 2.05) is 0 Å². The maximum Gasteiger partial charge on any atom is 0.319 e. The molecule has 2 amide bonds. The maximum absolute atomic E-state index is 13.6. The van der Waals surface area contributed by atoms with Crippen LogP contribution in [-0.4, -0.2) is 28.9 Å². The summed E-state index contributed by atoms with van der Waals surface area (Å²) in [6, 6.07) is 3.88. The number of benzene rings is 1. The van der Waals surface area contributed by atoms with E-state index in [1.54, 1.807) is 12.3 Å². The van der Waals surface area contributed by atoms with Crippen LogP contribution in [0.2, 0.25) is 0 Å². The minimum absolute atomic E-state index is 0.0366. The zero-order valence-corrected chi connectivity index (χ0v) is 13.8. The van der Waals surface area contributed by atoms with Gasteiger partial charge in [0, 0.05) is 17.8 Å². The maximum atomic E-state index is 13.6. The van der Waals surface area contributed by atoms with Crippen molar-refractivity contribution >= 4 is 11.7 Å². The zero-order valence-electron chi connectivity index (χ0n) is 13.8. The number of fused-ring (bicyclic) bond motifs is 1. The first-order valence-electron chi connectivity index (χ1n) is 8.68. The second kappa shape index (κ2) is 6.74. The standard InChI is InChI=1S/C18H21FN4O2/c19-13-3-6-17(25-10-11-1-2-11)16(8-13)22-18(24)21-14-4-5-15-12(7-14)9-20-23-15/h3,6,8-9,11,14H,1-2,4-5,7,10H2,(H,20,23)(H2,21,22,24)/t14-/m1/s1. The van der Waals surface area contributed by atoms with Crippen molar-refractivity contribution in [1.82, 2.24) is 15.5 Å². The van der Waals surface area contributed by atoms with Crippen LogP contribution in [0.5, 0.6) is 5.75 Å². The minimum Gasteiger partial charge on any atom is -0.491 e. The monoisotopic (exact) mass is 344 g/mol. The van der Waals surface area contributed by atoms with Gasteiger partial charge in [0.2, 0.25) is 0 Å². The fourth-order valence-electron chi connectivity index (χ4n) is 3.10. The number of hydrogen-bond acceptors (Lipinski definition) is 3. The van der Waals surface area contributed by atoms with Crippen molar-refractivity contribution in [2.24, 2.45) is 5.92 Å². The number of halogens is 1. The molecule has 25 heavy (non-hydrogen) atoms. The largest absolute Gasteiger partial charge is 0.491 e. The average molecular weight is 344 g/mol. The molecule has 132 valence electrons. The molecule has 0 bridgehead atoms. The van der Waals surface area contributed by atoms with Crippen molar-refractivity contribution in [1.29, 1.82) is 0 Å². The third-order valence-corrected chi connectivity index (χ3v) is 4.71. The van der Waals surface area contributed by atoms with Gasteiger partial charge < -0.3 is 15.4 Å². The van der Waals surface area contributed by atoms with Crippen LogP contribution in [0.1, 0.15) is 30.5 Å². The molecule has 4 rings (SSSR count). The van der Waals surface area contributed by atoms with E-state index in [0.29, 0.717) is 24.0 Å². The number of urea groups is 1. The number of carbonyl (C=O) groups is 1. The summed E-state index contributed by atoms with van der Waals surface area (Å²) in [5.41, 5.74) is 2.63. The van der Waals surface area contributed by atoms with Gasteiger partial charge in [0.15, 0.2) is 0 Å². The van der Waals surface area contributed by atoms with Crippen molar-refractivity contribution in [3.63, 3.8) is 0 Å². The first kappa shape index (κ1) is 15.9. The lowest BCUT2D eigenvalue weighted by Gasteiger charge is -2.23. The van der Waals surface area contributed by atoms with Gasteiger partial charge in [0.25, 0.3) is 0 Å². The predicted octanol–water partition coefficient (Wildman–Crippen LogP) is 3.02. The van der Waals surface area contributed by atoms with E-state index in [4.69, 9.17) is 4.74 Å². The molecule has 0 saturated heterocycles. The molecule has 0 radical (unpaired) electrons. The number of anilines is 1. The van der Waals surface area contributed by atoms with Crippen molar-refractivity contribution in [2.75, 3.05) is 11.9 Å². The number of aromatic amines is 1. The Kier molecular flexibility index (Phi) is 4.29. The Morgan fingerprint density at radius 1 is 1.36 bits per heavy atom. The molecular formula is C18H21FN4O2. The van der Waals surface area contributed by atoms with Crippen molar-refractivity contribution in [3.05, 3.63) is 41.5 Å². The molecule has 7 heteroatoms. The summed E-state index contributed by atoms with van der Waals surface area (Å²) in [4.78, 5) is 12.3. The predicted molar refractivity (Wildman–Crippen MR) is 91.2 cm³/mol. The highest BCUT2D eigenvalue weighted by Gasteiger charge is 2.24. The van der Waals surface area contributed by atoms with Gasteiger partial charge in [0.05, 0.1) is 18.5 Å². The quantitative estimate of drug-likeness (QED) is 0.780. The molecule has 3 N–H and O–H groups in total. The average Bonchev–Trinajstić information content (AvgIpc) is 3.29. The van der Waals surface area contributed by atoms with E-state index in [-0.39, 0.29) is 12.1 Å². The van der Waals surface area contributed by atoms with Crippen LogP contribution in [-0.2, 0) is 12.8 Å². The number of H-pyrrole nitrogens is 1. The number of hydrogen-bond donors (Lipinski definition) is 3. The molecule has 0 unspecified atom stereocenters. The number of rotatable bonds is 5. The molecule has 0 spiro atoms. The molecule has 1 atom stereocenters. The van der Waals surface area contributed by atoms with Crippen LogP contribution in [0.3, 0.4) is 0 Å². The van der Waals surface area contributed by atoms with Crippen molar-refractivity contribution < 1.29 is 13.9 Å². The summed E-state index contributed by atoms with van der Waals surface area (Å²) in [5, 5.41) is 12.7. The number of ether oxygens (including phenoxy) is 1. The zero-order chi connectivity index (χ0) is 17.2. The Bertz CT molecular complexity index is 772. The Balaban J connectivity index is 1.37. The topological polar surface area (TPSA) is 79.0 Å². The highest BCUT2D eigenvalue weighted by atomic mass is 19.1. The Labute approximate surface area is 145 Å². The van der Waals surface area contributed by atoms with Gasteiger partial charge in [-0.3, -0.25) is 5.10 Å². The molecule has 6 nitrogen and oxygen atoms in total.